The van der Waals surface area contributed by atoms with Crippen molar-refractivity contribution in [3.8, 4) is 0 Å². The first-order chi connectivity index (χ1) is 7.65. The van der Waals surface area contributed by atoms with E-state index in [2.05, 4.69) is 15.3 Å². The van der Waals surface area contributed by atoms with Gasteiger partial charge in [0, 0.05) is 28.3 Å². The number of hydrogen-bond donors (Lipinski definition) is 2. The topological polar surface area (TPSA) is 80.9 Å². The molecule has 2 heterocycles. The van der Waals surface area contributed by atoms with Crippen molar-refractivity contribution >= 4 is 22.6 Å². The smallest absolute Gasteiger partial charge is 0.222 e. The predicted octanol–water partition coefficient (Wildman–Crippen LogP) is 0.521. The minimum Gasteiger partial charge on any atom is -0.368 e. The number of aromatic nitrogens is 2. The molecule has 1 saturated heterocycles. The molecule has 5 nitrogen and oxygen atoms in total. The van der Waals surface area contributed by atoms with Crippen LogP contribution in [-0.4, -0.2) is 31.7 Å². The Morgan fingerprint density at radius 1 is 1.50 bits per heavy atom. The van der Waals surface area contributed by atoms with Crippen LogP contribution in [0.3, 0.4) is 0 Å². The molecule has 0 aromatic carbocycles. The van der Waals surface area contributed by atoms with E-state index in [1.165, 1.54) is 0 Å². The van der Waals surface area contributed by atoms with Crippen molar-refractivity contribution in [3.05, 3.63) is 12.0 Å². The van der Waals surface area contributed by atoms with Gasteiger partial charge in [0.1, 0.15) is 0 Å². The number of hydrogen-bond acceptors (Lipinski definition) is 5. The van der Waals surface area contributed by atoms with Gasteiger partial charge in [-0.2, -0.15) is 4.98 Å². The standard InChI is InChI=1S/C9H13FN4OS/c10-7-5-12-9(11)14-8(7)13-6-1-3-16(15)4-2-6/h5-6H,1-4H2,(H3,11,12,13,14). The molecular weight excluding hydrogens is 231 g/mol. The van der Waals surface area contributed by atoms with E-state index in [4.69, 9.17) is 5.73 Å². The van der Waals surface area contributed by atoms with Crippen molar-refractivity contribution in [1.82, 2.24) is 9.97 Å². The Morgan fingerprint density at radius 2 is 2.19 bits per heavy atom. The van der Waals surface area contributed by atoms with Crippen LogP contribution in [0.2, 0.25) is 0 Å². The van der Waals surface area contributed by atoms with Gasteiger partial charge in [0.15, 0.2) is 11.6 Å². The lowest BCUT2D eigenvalue weighted by molar-refractivity contribution is 0.594. The van der Waals surface area contributed by atoms with Crippen molar-refractivity contribution in [2.45, 2.75) is 18.9 Å². The SMILES string of the molecule is Nc1ncc(F)c(NC2CCS(=O)CC2)n1. The van der Waals surface area contributed by atoms with Gasteiger partial charge in [-0.25, -0.2) is 9.37 Å². The average molecular weight is 244 g/mol. The molecule has 0 bridgehead atoms. The Labute approximate surface area is 95.1 Å². The van der Waals surface area contributed by atoms with Gasteiger partial charge in [0.2, 0.25) is 5.95 Å². The fourth-order valence-electron chi connectivity index (χ4n) is 1.61. The molecular formula is C9H13FN4OS. The summed E-state index contributed by atoms with van der Waals surface area (Å²) < 4.78 is 24.4. The summed E-state index contributed by atoms with van der Waals surface area (Å²) in [4.78, 5) is 7.34. The van der Waals surface area contributed by atoms with Crippen LogP contribution in [0.5, 0.6) is 0 Å². The van der Waals surface area contributed by atoms with Crippen LogP contribution in [0.25, 0.3) is 0 Å². The lowest BCUT2D eigenvalue weighted by atomic mass is 10.1. The van der Waals surface area contributed by atoms with Crippen LogP contribution < -0.4 is 11.1 Å². The lowest BCUT2D eigenvalue weighted by Gasteiger charge is -2.23. The summed E-state index contributed by atoms with van der Waals surface area (Å²) in [6, 6.07) is 0.112. The van der Waals surface area contributed by atoms with Crippen molar-refractivity contribution in [2.75, 3.05) is 22.6 Å². The Bertz CT molecular complexity index is 404. The fraction of sp³-hybridized carbons (Fsp3) is 0.556. The number of halogens is 1. The molecule has 1 aliphatic rings. The number of rotatable bonds is 2. The maximum atomic E-state index is 13.3. The second-order valence-corrected chi connectivity index (χ2v) is 5.39. The molecule has 0 saturated carbocycles. The molecule has 88 valence electrons. The Hall–Kier alpha value is -1.24. The first kappa shape index (κ1) is 11.3. The van der Waals surface area contributed by atoms with E-state index in [1.807, 2.05) is 0 Å². The average Bonchev–Trinajstić information content (AvgIpc) is 2.27. The van der Waals surface area contributed by atoms with Gasteiger partial charge < -0.3 is 11.1 Å². The quantitative estimate of drug-likeness (QED) is 0.792. The van der Waals surface area contributed by atoms with Crippen LogP contribution >= 0.6 is 0 Å². The second kappa shape index (κ2) is 4.73. The summed E-state index contributed by atoms with van der Waals surface area (Å²) in [5.41, 5.74) is 5.38. The molecule has 1 aromatic heterocycles. The molecule has 16 heavy (non-hydrogen) atoms. The van der Waals surface area contributed by atoms with Gasteiger partial charge in [-0.05, 0) is 12.8 Å². The summed E-state index contributed by atoms with van der Waals surface area (Å²) in [6.45, 7) is 0. The summed E-state index contributed by atoms with van der Waals surface area (Å²) in [7, 11) is -0.720. The monoisotopic (exact) mass is 244 g/mol. The van der Waals surface area contributed by atoms with Crippen LogP contribution in [0.1, 0.15) is 12.8 Å². The second-order valence-electron chi connectivity index (χ2n) is 3.69. The van der Waals surface area contributed by atoms with E-state index in [-0.39, 0.29) is 17.8 Å². The first-order valence-corrected chi connectivity index (χ1v) is 6.53. The lowest BCUT2D eigenvalue weighted by Crippen LogP contribution is -2.30. The summed E-state index contributed by atoms with van der Waals surface area (Å²) in [5.74, 6) is 0.967. The van der Waals surface area contributed by atoms with Gasteiger partial charge in [0.25, 0.3) is 0 Å². The molecule has 3 N–H and O–H groups in total. The Kier molecular flexibility index (Phi) is 3.33. The normalized spacial score (nSPS) is 25.3. The zero-order valence-electron chi connectivity index (χ0n) is 8.65. The molecule has 0 radical (unpaired) electrons. The van der Waals surface area contributed by atoms with Gasteiger partial charge in [0.05, 0.1) is 6.20 Å². The highest BCUT2D eigenvalue weighted by Gasteiger charge is 2.19. The molecule has 0 unspecified atom stereocenters. The van der Waals surface area contributed by atoms with Crippen molar-refractivity contribution < 1.29 is 8.60 Å². The molecule has 7 heteroatoms. The van der Waals surface area contributed by atoms with E-state index in [0.29, 0.717) is 11.5 Å². The molecule has 0 aliphatic carbocycles. The van der Waals surface area contributed by atoms with Gasteiger partial charge >= 0.3 is 0 Å². The largest absolute Gasteiger partial charge is 0.368 e. The third-order valence-corrected chi connectivity index (χ3v) is 3.87. The summed E-state index contributed by atoms with van der Waals surface area (Å²) in [6.07, 6.45) is 2.57. The van der Waals surface area contributed by atoms with Crippen LogP contribution in [0.15, 0.2) is 6.20 Å². The highest BCUT2D eigenvalue weighted by molar-refractivity contribution is 7.85. The number of anilines is 2. The van der Waals surface area contributed by atoms with Gasteiger partial charge in [-0.3, -0.25) is 4.21 Å². The third kappa shape index (κ3) is 2.66. The number of nitrogens with one attached hydrogen (secondary N) is 1. The first-order valence-electron chi connectivity index (χ1n) is 5.04. The molecule has 2 rings (SSSR count). The van der Waals surface area contributed by atoms with E-state index < -0.39 is 16.6 Å². The van der Waals surface area contributed by atoms with E-state index >= 15 is 0 Å². The zero-order valence-corrected chi connectivity index (χ0v) is 9.47. The molecule has 0 amide bonds. The third-order valence-electron chi connectivity index (χ3n) is 2.49. The minimum atomic E-state index is -0.720. The van der Waals surface area contributed by atoms with Crippen LogP contribution in [-0.2, 0) is 10.8 Å². The zero-order chi connectivity index (χ0) is 11.5. The van der Waals surface area contributed by atoms with Gasteiger partial charge in [-0.1, -0.05) is 0 Å². The fourth-order valence-corrected chi connectivity index (χ4v) is 2.91. The molecule has 0 spiro atoms. The highest BCUT2D eigenvalue weighted by Crippen LogP contribution is 2.17. The van der Waals surface area contributed by atoms with Gasteiger partial charge in [-0.15, -0.1) is 0 Å². The van der Waals surface area contributed by atoms with E-state index in [9.17, 15) is 8.60 Å². The van der Waals surface area contributed by atoms with E-state index in [1.54, 1.807) is 0 Å². The van der Waals surface area contributed by atoms with E-state index in [0.717, 1.165) is 19.0 Å². The maximum absolute atomic E-state index is 13.3. The van der Waals surface area contributed by atoms with Crippen LogP contribution in [0, 0.1) is 5.82 Å². The van der Waals surface area contributed by atoms with Crippen molar-refractivity contribution in [1.29, 1.82) is 0 Å². The number of nitrogens with zero attached hydrogens (tertiary/aromatic N) is 2. The Balaban J connectivity index is 2.03. The number of nitrogen functional groups attached to an aromatic ring is 1. The number of nitrogens with two attached hydrogens (primary N) is 1. The highest BCUT2D eigenvalue weighted by atomic mass is 32.2. The molecule has 1 fully saturated rings. The summed E-state index contributed by atoms with van der Waals surface area (Å²) in [5, 5.41) is 2.97. The van der Waals surface area contributed by atoms with Crippen molar-refractivity contribution in [2.24, 2.45) is 0 Å². The molecule has 1 aliphatic heterocycles. The Morgan fingerprint density at radius 3 is 2.88 bits per heavy atom. The molecule has 1 aromatic rings. The minimum absolute atomic E-state index is 0.0447. The van der Waals surface area contributed by atoms with Crippen molar-refractivity contribution in [3.63, 3.8) is 0 Å². The maximum Gasteiger partial charge on any atom is 0.222 e. The predicted molar refractivity (Wildman–Crippen MR) is 60.9 cm³/mol. The van der Waals surface area contributed by atoms with Crippen LogP contribution in [0.4, 0.5) is 16.2 Å². The molecule has 0 atom stereocenters. The summed E-state index contributed by atoms with van der Waals surface area (Å²) >= 11 is 0.